The molecule has 2 heterocycles. The maximum absolute atomic E-state index is 13.2. The van der Waals surface area contributed by atoms with E-state index in [0.29, 0.717) is 0 Å². The van der Waals surface area contributed by atoms with Gasteiger partial charge in [0.2, 0.25) is 5.91 Å². The predicted octanol–water partition coefficient (Wildman–Crippen LogP) is 4.31. The van der Waals surface area contributed by atoms with Gasteiger partial charge in [-0.15, -0.1) is 0 Å². The van der Waals surface area contributed by atoms with Gasteiger partial charge in [-0.05, 0) is 43.0 Å². The van der Waals surface area contributed by atoms with E-state index in [2.05, 4.69) is 55.3 Å². The Kier molecular flexibility index (Phi) is 3.19. The molecule has 2 aromatic rings. The summed E-state index contributed by atoms with van der Waals surface area (Å²) in [6, 6.07) is 18.9. The monoisotopic (exact) mass is 306 g/mol. The second-order valence-electron chi connectivity index (χ2n) is 6.90. The van der Waals surface area contributed by atoms with E-state index in [1.807, 2.05) is 23.2 Å². The van der Waals surface area contributed by atoms with Crippen LogP contribution in [-0.2, 0) is 11.2 Å². The molecule has 3 nitrogen and oxygen atoms in total. The number of para-hydroxylation sites is 2. The molecule has 1 saturated heterocycles. The Labute approximate surface area is 137 Å². The summed E-state index contributed by atoms with van der Waals surface area (Å²) in [6.45, 7) is 4.23. The molecule has 4 rings (SSSR count). The second kappa shape index (κ2) is 5.12. The van der Waals surface area contributed by atoms with Gasteiger partial charge in [-0.25, -0.2) is 5.01 Å². The van der Waals surface area contributed by atoms with Crippen molar-refractivity contribution in [1.29, 1.82) is 0 Å². The fraction of sp³-hybridized carbons (Fsp3) is 0.350. The molecule has 0 radical (unpaired) electrons. The van der Waals surface area contributed by atoms with E-state index >= 15 is 0 Å². The molecule has 2 unspecified atom stereocenters. The van der Waals surface area contributed by atoms with Gasteiger partial charge in [-0.2, -0.15) is 0 Å². The highest BCUT2D eigenvalue weighted by molar-refractivity contribution is 5.89. The molecule has 118 valence electrons. The first-order valence-corrected chi connectivity index (χ1v) is 8.41. The Morgan fingerprint density at radius 1 is 1.09 bits per heavy atom. The van der Waals surface area contributed by atoms with E-state index in [-0.39, 0.29) is 17.4 Å². The number of hydrazine groups is 1. The molecular weight excluding hydrogens is 284 g/mol. The lowest BCUT2D eigenvalue weighted by molar-refractivity contribution is -0.136. The average Bonchev–Trinajstić information content (AvgIpc) is 2.85. The molecule has 2 atom stereocenters. The van der Waals surface area contributed by atoms with Gasteiger partial charge in [0.1, 0.15) is 0 Å². The Balaban J connectivity index is 1.88. The van der Waals surface area contributed by atoms with Crippen LogP contribution in [0.15, 0.2) is 54.6 Å². The molecule has 0 N–H and O–H groups in total. The van der Waals surface area contributed by atoms with Crippen molar-refractivity contribution in [3.63, 3.8) is 0 Å². The van der Waals surface area contributed by atoms with E-state index in [4.69, 9.17) is 0 Å². The Morgan fingerprint density at radius 2 is 1.78 bits per heavy atom. The average molecular weight is 306 g/mol. The molecule has 0 aromatic heterocycles. The summed E-state index contributed by atoms with van der Waals surface area (Å²) in [5, 5.41) is 4.15. The van der Waals surface area contributed by atoms with Crippen LogP contribution in [0.3, 0.4) is 0 Å². The second-order valence-corrected chi connectivity index (χ2v) is 6.90. The highest BCUT2D eigenvalue weighted by Crippen LogP contribution is 2.47. The SMILES string of the molecule is CCC1(C)CC2Cc3ccccc3N(c3ccccc3)N2C1=O. The smallest absolute Gasteiger partial charge is 0.247 e. The molecule has 0 saturated carbocycles. The third-order valence-corrected chi connectivity index (χ3v) is 5.43. The van der Waals surface area contributed by atoms with Gasteiger partial charge in [0.15, 0.2) is 0 Å². The van der Waals surface area contributed by atoms with Crippen LogP contribution in [0.5, 0.6) is 0 Å². The summed E-state index contributed by atoms with van der Waals surface area (Å²) < 4.78 is 0. The zero-order valence-corrected chi connectivity index (χ0v) is 13.7. The van der Waals surface area contributed by atoms with Crippen molar-refractivity contribution in [2.75, 3.05) is 5.01 Å². The number of anilines is 2. The first kappa shape index (κ1) is 14.3. The van der Waals surface area contributed by atoms with E-state index in [0.717, 1.165) is 30.6 Å². The lowest BCUT2D eigenvalue weighted by Gasteiger charge is -2.43. The summed E-state index contributed by atoms with van der Waals surface area (Å²) in [6.07, 6.45) is 2.76. The van der Waals surface area contributed by atoms with Crippen LogP contribution in [0, 0.1) is 5.41 Å². The topological polar surface area (TPSA) is 23.6 Å². The van der Waals surface area contributed by atoms with Crippen molar-refractivity contribution in [3.05, 3.63) is 60.2 Å². The van der Waals surface area contributed by atoms with Crippen molar-refractivity contribution in [1.82, 2.24) is 5.01 Å². The molecule has 0 spiro atoms. The standard InChI is InChI=1S/C20H22N2O/c1-3-20(2)14-17-13-15-9-7-8-12-18(15)21(22(17)19(20)23)16-10-5-4-6-11-16/h4-12,17H,3,13-14H2,1-2H3. The minimum absolute atomic E-state index is 0.250. The van der Waals surface area contributed by atoms with E-state index < -0.39 is 0 Å². The van der Waals surface area contributed by atoms with Crippen molar-refractivity contribution in [2.24, 2.45) is 5.41 Å². The molecular formula is C20H22N2O. The van der Waals surface area contributed by atoms with Gasteiger partial charge < -0.3 is 0 Å². The normalized spacial score (nSPS) is 26.2. The Bertz CT molecular complexity index is 742. The van der Waals surface area contributed by atoms with E-state index in [1.165, 1.54) is 5.56 Å². The van der Waals surface area contributed by atoms with E-state index in [1.54, 1.807) is 0 Å². The maximum atomic E-state index is 13.2. The van der Waals surface area contributed by atoms with Gasteiger partial charge in [-0.1, -0.05) is 50.2 Å². The Morgan fingerprint density at radius 3 is 2.52 bits per heavy atom. The highest BCUT2D eigenvalue weighted by Gasteiger charge is 2.51. The lowest BCUT2D eigenvalue weighted by Crippen LogP contribution is -2.50. The zero-order valence-electron chi connectivity index (χ0n) is 13.7. The summed E-state index contributed by atoms with van der Waals surface area (Å²) in [7, 11) is 0. The number of carbonyl (C=O) groups is 1. The molecule has 23 heavy (non-hydrogen) atoms. The van der Waals surface area contributed by atoms with Crippen LogP contribution in [0.2, 0.25) is 0 Å². The van der Waals surface area contributed by atoms with Crippen LogP contribution in [0.25, 0.3) is 0 Å². The number of hydrogen-bond acceptors (Lipinski definition) is 2. The third kappa shape index (κ3) is 2.07. The number of nitrogens with zero attached hydrogens (tertiary/aromatic N) is 2. The number of benzene rings is 2. The van der Waals surface area contributed by atoms with Gasteiger partial charge in [0, 0.05) is 0 Å². The number of rotatable bonds is 2. The molecule has 2 aliphatic heterocycles. The van der Waals surface area contributed by atoms with Crippen molar-refractivity contribution in [3.8, 4) is 0 Å². The molecule has 1 amide bonds. The van der Waals surface area contributed by atoms with Crippen LogP contribution < -0.4 is 5.01 Å². The van der Waals surface area contributed by atoms with Crippen LogP contribution in [0.1, 0.15) is 32.3 Å². The first-order valence-electron chi connectivity index (χ1n) is 8.41. The first-order chi connectivity index (χ1) is 11.1. The van der Waals surface area contributed by atoms with Crippen LogP contribution in [0.4, 0.5) is 11.4 Å². The summed E-state index contributed by atoms with van der Waals surface area (Å²) in [5.41, 5.74) is 3.26. The largest absolute Gasteiger partial charge is 0.272 e. The highest BCUT2D eigenvalue weighted by atomic mass is 16.2. The Hall–Kier alpha value is -2.29. The maximum Gasteiger partial charge on any atom is 0.247 e. The summed E-state index contributed by atoms with van der Waals surface area (Å²) >= 11 is 0. The number of amides is 1. The van der Waals surface area contributed by atoms with Gasteiger partial charge >= 0.3 is 0 Å². The number of fused-ring (bicyclic) bond motifs is 2. The quantitative estimate of drug-likeness (QED) is 0.825. The van der Waals surface area contributed by atoms with Crippen molar-refractivity contribution < 1.29 is 4.79 Å². The lowest BCUT2D eigenvalue weighted by atomic mass is 9.83. The molecule has 0 bridgehead atoms. The molecule has 2 aliphatic rings. The predicted molar refractivity (Wildman–Crippen MR) is 92.4 cm³/mol. The molecule has 1 fully saturated rings. The third-order valence-electron chi connectivity index (χ3n) is 5.43. The minimum atomic E-state index is -0.250. The van der Waals surface area contributed by atoms with Gasteiger partial charge in [0.25, 0.3) is 0 Å². The molecule has 2 aromatic carbocycles. The van der Waals surface area contributed by atoms with Crippen molar-refractivity contribution in [2.45, 2.75) is 39.2 Å². The summed E-state index contributed by atoms with van der Waals surface area (Å²) in [5.74, 6) is 0.253. The number of hydrogen-bond donors (Lipinski definition) is 0. The van der Waals surface area contributed by atoms with Gasteiger partial charge in [0.05, 0.1) is 22.8 Å². The van der Waals surface area contributed by atoms with E-state index in [9.17, 15) is 4.79 Å². The van der Waals surface area contributed by atoms with Crippen molar-refractivity contribution >= 4 is 17.3 Å². The fourth-order valence-corrected chi connectivity index (χ4v) is 3.94. The van der Waals surface area contributed by atoms with Crippen LogP contribution >= 0.6 is 0 Å². The minimum Gasteiger partial charge on any atom is -0.272 e. The van der Waals surface area contributed by atoms with Gasteiger partial charge in [-0.3, -0.25) is 9.80 Å². The fourth-order valence-electron chi connectivity index (χ4n) is 3.94. The summed E-state index contributed by atoms with van der Waals surface area (Å²) in [4.78, 5) is 13.2. The molecule has 3 heteroatoms. The number of carbonyl (C=O) groups excluding carboxylic acids is 1. The van der Waals surface area contributed by atoms with Crippen LogP contribution in [-0.4, -0.2) is 17.0 Å². The molecule has 0 aliphatic carbocycles. The zero-order chi connectivity index (χ0) is 16.0.